The molecule has 1 aliphatic rings. The molecule has 1 aliphatic carbocycles. The molecule has 2 aromatic rings. The first kappa shape index (κ1) is 19.9. The monoisotopic (exact) mass is 403 g/mol. The smallest absolute Gasteiger partial charge is 0.230 e. The zero-order valence-electron chi connectivity index (χ0n) is 15.5. The lowest BCUT2D eigenvalue weighted by Crippen LogP contribution is -2.19. The maximum Gasteiger partial charge on any atom is 0.230 e. The second kappa shape index (κ2) is 9.90. The summed E-state index contributed by atoms with van der Waals surface area (Å²) >= 11 is 2.83. The van der Waals surface area contributed by atoms with Gasteiger partial charge < -0.3 is 10.6 Å². The summed E-state index contributed by atoms with van der Waals surface area (Å²) in [5, 5.41) is 6.46. The number of nitrogens with zero attached hydrogens (tertiary/aromatic N) is 1. The van der Waals surface area contributed by atoms with Crippen molar-refractivity contribution in [2.45, 2.75) is 42.9 Å². The Kier molecular flexibility index (Phi) is 7.29. The third-order valence-electron chi connectivity index (χ3n) is 4.71. The highest BCUT2D eigenvalue weighted by Gasteiger charge is 2.20. The number of carbonyl (C=O) groups is 2. The molecule has 5 nitrogen and oxygen atoms in total. The first-order chi connectivity index (χ1) is 13.2. The molecule has 3 rings (SSSR count). The molecule has 2 amide bonds. The van der Waals surface area contributed by atoms with Gasteiger partial charge in [0, 0.05) is 19.0 Å². The number of aromatic nitrogens is 1. The molecule has 2 N–H and O–H groups in total. The second-order valence-corrected chi connectivity index (χ2v) is 8.96. The Labute approximate surface area is 168 Å². The van der Waals surface area contributed by atoms with Crippen LogP contribution in [0.15, 0.2) is 34.7 Å². The molecule has 144 valence electrons. The molecular weight excluding hydrogens is 378 g/mol. The van der Waals surface area contributed by atoms with Crippen LogP contribution in [0.1, 0.15) is 38.5 Å². The molecule has 7 heteroatoms. The average Bonchev–Trinajstić information content (AvgIpc) is 3.10. The number of hydrogen-bond acceptors (Lipinski definition) is 5. The van der Waals surface area contributed by atoms with E-state index >= 15 is 0 Å². The van der Waals surface area contributed by atoms with Gasteiger partial charge in [-0.15, -0.1) is 0 Å². The highest BCUT2D eigenvalue weighted by Crippen LogP contribution is 2.38. The van der Waals surface area contributed by atoms with Crippen LogP contribution in [0.25, 0.3) is 11.3 Å². The van der Waals surface area contributed by atoms with Crippen molar-refractivity contribution in [3.63, 3.8) is 0 Å². The fourth-order valence-electron chi connectivity index (χ4n) is 3.27. The quantitative estimate of drug-likeness (QED) is 0.665. The number of anilines is 1. The third-order valence-corrected chi connectivity index (χ3v) is 6.83. The van der Waals surface area contributed by atoms with Crippen LogP contribution in [-0.4, -0.2) is 29.6 Å². The lowest BCUT2D eigenvalue weighted by molar-refractivity contribution is -0.118. The van der Waals surface area contributed by atoms with Gasteiger partial charge in [-0.3, -0.25) is 9.59 Å². The minimum atomic E-state index is -0.0423. The molecule has 0 unspecified atom stereocenters. The molecule has 1 fully saturated rings. The Hall–Kier alpha value is -1.86. The Bertz CT molecular complexity index is 771. The largest absolute Gasteiger partial charge is 0.358 e. The number of thiazole rings is 1. The first-order valence-electron chi connectivity index (χ1n) is 9.35. The molecular formula is C20H25N3O2S2. The standard InChI is InChI=1S/C20H25N3O2S2/c1-21-17(25)13-26-20-23-18(15-10-6-3-7-11-15)19(27-20)22-16(24)12-14-8-4-2-5-9-14/h3,6-7,10-11,14H,2,4-5,8-9,12-13H2,1H3,(H,21,25)(H,22,24). The third kappa shape index (κ3) is 5.81. The lowest BCUT2D eigenvalue weighted by atomic mass is 9.87. The Morgan fingerprint density at radius 2 is 1.89 bits per heavy atom. The minimum Gasteiger partial charge on any atom is -0.358 e. The molecule has 0 saturated heterocycles. The predicted molar refractivity (Wildman–Crippen MR) is 112 cm³/mol. The number of thioether (sulfide) groups is 1. The van der Waals surface area contributed by atoms with Gasteiger partial charge in [0.05, 0.1) is 5.75 Å². The maximum atomic E-state index is 12.6. The summed E-state index contributed by atoms with van der Waals surface area (Å²) in [4.78, 5) is 28.8. The number of carbonyl (C=O) groups excluding carboxylic acids is 2. The molecule has 1 saturated carbocycles. The van der Waals surface area contributed by atoms with Crippen molar-refractivity contribution in [3.05, 3.63) is 30.3 Å². The zero-order chi connectivity index (χ0) is 19.1. The van der Waals surface area contributed by atoms with Crippen molar-refractivity contribution in [1.82, 2.24) is 10.3 Å². The van der Waals surface area contributed by atoms with Crippen molar-refractivity contribution >= 4 is 39.9 Å². The summed E-state index contributed by atoms with van der Waals surface area (Å²) in [6.07, 6.45) is 6.62. The van der Waals surface area contributed by atoms with Gasteiger partial charge >= 0.3 is 0 Å². The van der Waals surface area contributed by atoms with Crippen LogP contribution in [0.5, 0.6) is 0 Å². The average molecular weight is 404 g/mol. The fraction of sp³-hybridized carbons (Fsp3) is 0.450. The molecule has 1 aromatic heterocycles. The van der Waals surface area contributed by atoms with Crippen LogP contribution in [0.4, 0.5) is 5.00 Å². The Balaban J connectivity index is 1.73. The highest BCUT2D eigenvalue weighted by atomic mass is 32.2. The molecule has 0 radical (unpaired) electrons. The summed E-state index contributed by atoms with van der Waals surface area (Å²) in [7, 11) is 1.62. The topological polar surface area (TPSA) is 71.1 Å². The van der Waals surface area contributed by atoms with E-state index in [9.17, 15) is 9.59 Å². The van der Waals surface area contributed by atoms with Gasteiger partial charge in [-0.2, -0.15) is 0 Å². The minimum absolute atomic E-state index is 0.0423. The van der Waals surface area contributed by atoms with E-state index in [1.807, 2.05) is 30.3 Å². The van der Waals surface area contributed by atoms with Crippen molar-refractivity contribution < 1.29 is 9.59 Å². The molecule has 0 spiro atoms. The number of benzene rings is 1. The van der Waals surface area contributed by atoms with Crippen LogP contribution in [-0.2, 0) is 9.59 Å². The van der Waals surface area contributed by atoms with E-state index in [1.165, 1.54) is 42.4 Å². The second-order valence-electron chi connectivity index (χ2n) is 6.74. The number of nitrogens with one attached hydrogen (secondary N) is 2. The van der Waals surface area contributed by atoms with Gasteiger partial charge in [-0.1, -0.05) is 72.7 Å². The summed E-state index contributed by atoms with van der Waals surface area (Å²) in [5.74, 6) is 0.826. The molecule has 1 aromatic carbocycles. The fourth-order valence-corrected chi connectivity index (χ4v) is 5.22. The van der Waals surface area contributed by atoms with Gasteiger partial charge in [0.15, 0.2) is 4.34 Å². The van der Waals surface area contributed by atoms with Crippen molar-refractivity contribution in [2.24, 2.45) is 5.92 Å². The lowest BCUT2D eigenvalue weighted by Gasteiger charge is -2.20. The van der Waals surface area contributed by atoms with Gasteiger partial charge in [-0.05, 0) is 18.8 Å². The highest BCUT2D eigenvalue weighted by molar-refractivity contribution is 8.01. The number of hydrogen-bond donors (Lipinski definition) is 2. The molecule has 1 heterocycles. The first-order valence-corrected chi connectivity index (χ1v) is 11.2. The normalized spacial score (nSPS) is 14.7. The van der Waals surface area contributed by atoms with E-state index in [-0.39, 0.29) is 11.8 Å². The summed E-state index contributed by atoms with van der Waals surface area (Å²) in [5.41, 5.74) is 1.74. The SMILES string of the molecule is CNC(=O)CSc1nc(-c2ccccc2)c(NC(=O)CC2CCCCC2)s1. The zero-order valence-corrected chi connectivity index (χ0v) is 17.1. The van der Waals surface area contributed by atoms with Crippen LogP contribution < -0.4 is 10.6 Å². The van der Waals surface area contributed by atoms with Gasteiger partial charge in [0.2, 0.25) is 11.8 Å². The number of amides is 2. The van der Waals surface area contributed by atoms with Gasteiger partial charge in [-0.25, -0.2) is 4.98 Å². The van der Waals surface area contributed by atoms with E-state index in [1.54, 1.807) is 7.05 Å². The van der Waals surface area contributed by atoms with Crippen LogP contribution >= 0.6 is 23.1 Å². The van der Waals surface area contributed by atoms with Crippen LogP contribution in [0, 0.1) is 5.92 Å². The van der Waals surface area contributed by atoms with Gasteiger partial charge in [0.25, 0.3) is 0 Å². The predicted octanol–water partition coefficient (Wildman–Crippen LogP) is 4.56. The van der Waals surface area contributed by atoms with Crippen molar-refractivity contribution in [3.8, 4) is 11.3 Å². The maximum absolute atomic E-state index is 12.6. The molecule has 0 atom stereocenters. The van der Waals surface area contributed by atoms with Crippen LogP contribution in [0.3, 0.4) is 0 Å². The summed E-state index contributed by atoms with van der Waals surface area (Å²) in [6.45, 7) is 0. The number of rotatable bonds is 7. The molecule has 0 bridgehead atoms. The van der Waals surface area contributed by atoms with Crippen molar-refractivity contribution in [1.29, 1.82) is 0 Å². The van der Waals surface area contributed by atoms with E-state index in [0.29, 0.717) is 18.1 Å². The summed E-state index contributed by atoms with van der Waals surface area (Å²) in [6, 6.07) is 9.84. The Morgan fingerprint density at radius 1 is 1.15 bits per heavy atom. The summed E-state index contributed by atoms with van der Waals surface area (Å²) < 4.78 is 0.783. The van der Waals surface area contributed by atoms with Crippen LogP contribution in [0.2, 0.25) is 0 Å². The van der Waals surface area contributed by atoms with E-state index in [2.05, 4.69) is 15.6 Å². The van der Waals surface area contributed by atoms with E-state index in [4.69, 9.17) is 0 Å². The van der Waals surface area contributed by atoms with Crippen molar-refractivity contribution in [2.75, 3.05) is 18.1 Å². The van der Waals surface area contributed by atoms with E-state index < -0.39 is 0 Å². The van der Waals surface area contributed by atoms with E-state index in [0.717, 1.165) is 33.4 Å². The van der Waals surface area contributed by atoms with Gasteiger partial charge in [0.1, 0.15) is 10.7 Å². The Morgan fingerprint density at radius 3 is 2.59 bits per heavy atom. The molecule has 0 aliphatic heterocycles. The molecule has 27 heavy (non-hydrogen) atoms.